The normalized spacial score (nSPS) is 12.3. The highest BCUT2D eigenvalue weighted by molar-refractivity contribution is 6.31. The molecule has 0 fully saturated rings. The van der Waals surface area contributed by atoms with E-state index in [1.165, 1.54) is 5.56 Å². The number of halogens is 2. The van der Waals surface area contributed by atoms with E-state index < -0.39 is 0 Å². The first-order valence-electron chi connectivity index (χ1n) is 6.60. The number of nitrogens with two attached hydrogens (primary N) is 1. The molecule has 106 valence electrons. The monoisotopic (exact) mass is 308 g/mol. The standard InChI is InChI=1S/C16H18Cl2N2/c17-14-7-5-12(6-8-14)9-15(10-19)20-11-13-3-1-2-4-16(13)18/h1-8,15,20H,9-11,19H2. The van der Waals surface area contributed by atoms with Gasteiger partial charge in [0.2, 0.25) is 0 Å². The molecule has 0 heterocycles. The van der Waals surface area contributed by atoms with Crippen molar-refractivity contribution < 1.29 is 0 Å². The minimum Gasteiger partial charge on any atom is -0.329 e. The maximum absolute atomic E-state index is 6.14. The van der Waals surface area contributed by atoms with E-state index in [0.29, 0.717) is 6.54 Å². The lowest BCUT2D eigenvalue weighted by molar-refractivity contribution is 0.516. The average molecular weight is 309 g/mol. The van der Waals surface area contributed by atoms with Crippen LogP contribution in [-0.2, 0) is 13.0 Å². The van der Waals surface area contributed by atoms with E-state index in [2.05, 4.69) is 5.32 Å². The Morgan fingerprint density at radius 2 is 1.70 bits per heavy atom. The minimum atomic E-state index is 0.215. The zero-order valence-electron chi connectivity index (χ0n) is 11.2. The molecule has 0 spiro atoms. The van der Waals surface area contributed by atoms with Crippen molar-refractivity contribution in [2.24, 2.45) is 5.73 Å². The van der Waals surface area contributed by atoms with Gasteiger partial charge in [-0.15, -0.1) is 0 Å². The van der Waals surface area contributed by atoms with Crippen molar-refractivity contribution in [3.63, 3.8) is 0 Å². The second-order valence-electron chi connectivity index (χ2n) is 4.74. The molecule has 2 aromatic rings. The van der Waals surface area contributed by atoms with Crippen molar-refractivity contribution in [2.45, 2.75) is 19.0 Å². The van der Waals surface area contributed by atoms with Crippen LogP contribution in [0.4, 0.5) is 0 Å². The Balaban J connectivity index is 1.92. The Morgan fingerprint density at radius 1 is 1.00 bits per heavy atom. The summed E-state index contributed by atoms with van der Waals surface area (Å²) in [5, 5.41) is 4.98. The summed E-state index contributed by atoms with van der Waals surface area (Å²) in [6.07, 6.45) is 0.873. The number of hydrogen-bond donors (Lipinski definition) is 2. The summed E-state index contributed by atoms with van der Waals surface area (Å²) in [4.78, 5) is 0. The Bertz CT molecular complexity index is 540. The van der Waals surface area contributed by atoms with Crippen molar-refractivity contribution in [3.8, 4) is 0 Å². The molecule has 2 aromatic carbocycles. The van der Waals surface area contributed by atoms with Crippen LogP contribution >= 0.6 is 23.2 Å². The molecule has 0 aliphatic carbocycles. The van der Waals surface area contributed by atoms with Crippen LogP contribution in [0, 0.1) is 0 Å². The fraction of sp³-hybridized carbons (Fsp3) is 0.250. The molecule has 2 nitrogen and oxygen atoms in total. The molecule has 0 bridgehead atoms. The Kier molecular flexibility index (Phi) is 5.86. The SMILES string of the molecule is NCC(Cc1ccc(Cl)cc1)NCc1ccccc1Cl. The first kappa shape index (κ1) is 15.3. The predicted molar refractivity (Wildman–Crippen MR) is 86.3 cm³/mol. The van der Waals surface area contributed by atoms with Crippen LogP contribution in [0.5, 0.6) is 0 Å². The first-order valence-corrected chi connectivity index (χ1v) is 7.36. The van der Waals surface area contributed by atoms with E-state index in [0.717, 1.165) is 28.6 Å². The number of nitrogens with one attached hydrogen (secondary N) is 1. The lowest BCUT2D eigenvalue weighted by Gasteiger charge is -2.17. The topological polar surface area (TPSA) is 38.0 Å². The van der Waals surface area contributed by atoms with E-state index >= 15 is 0 Å². The second-order valence-corrected chi connectivity index (χ2v) is 5.58. The van der Waals surface area contributed by atoms with Crippen molar-refractivity contribution in [1.82, 2.24) is 5.32 Å². The highest BCUT2D eigenvalue weighted by atomic mass is 35.5. The van der Waals surface area contributed by atoms with Crippen LogP contribution in [0.1, 0.15) is 11.1 Å². The molecular weight excluding hydrogens is 291 g/mol. The van der Waals surface area contributed by atoms with Crippen molar-refractivity contribution in [1.29, 1.82) is 0 Å². The Morgan fingerprint density at radius 3 is 2.35 bits per heavy atom. The molecule has 1 unspecified atom stereocenters. The van der Waals surface area contributed by atoms with E-state index in [1.54, 1.807) is 0 Å². The highest BCUT2D eigenvalue weighted by Gasteiger charge is 2.08. The van der Waals surface area contributed by atoms with Gasteiger partial charge in [0.15, 0.2) is 0 Å². The van der Waals surface area contributed by atoms with Crippen LogP contribution in [0.3, 0.4) is 0 Å². The lowest BCUT2D eigenvalue weighted by Crippen LogP contribution is -2.37. The lowest BCUT2D eigenvalue weighted by atomic mass is 10.1. The number of rotatable bonds is 6. The maximum atomic E-state index is 6.14. The third-order valence-electron chi connectivity index (χ3n) is 3.22. The molecule has 0 aromatic heterocycles. The third-order valence-corrected chi connectivity index (χ3v) is 3.84. The van der Waals surface area contributed by atoms with E-state index in [9.17, 15) is 0 Å². The first-order chi connectivity index (χ1) is 9.69. The molecule has 0 aliphatic heterocycles. The van der Waals surface area contributed by atoms with Gasteiger partial charge in [0, 0.05) is 29.2 Å². The van der Waals surface area contributed by atoms with Gasteiger partial charge in [-0.3, -0.25) is 0 Å². The molecular formula is C16H18Cl2N2. The van der Waals surface area contributed by atoms with Crippen molar-refractivity contribution in [2.75, 3.05) is 6.54 Å². The maximum Gasteiger partial charge on any atom is 0.0450 e. The van der Waals surface area contributed by atoms with Gasteiger partial charge in [0.05, 0.1) is 0 Å². The molecule has 1 atom stereocenters. The quantitative estimate of drug-likeness (QED) is 0.855. The molecule has 0 saturated heterocycles. The summed E-state index contributed by atoms with van der Waals surface area (Å²) in [7, 11) is 0. The Labute approximate surface area is 129 Å². The van der Waals surface area contributed by atoms with E-state index in [4.69, 9.17) is 28.9 Å². The summed E-state index contributed by atoms with van der Waals surface area (Å²) in [5.74, 6) is 0. The zero-order chi connectivity index (χ0) is 14.4. The molecule has 4 heteroatoms. The largest absolute Gasteiger partial charge is 0.329 e. The molecule has 2 rings (SSSR count). The van der Waals surface area contributed by atoms with Crippen molar-refractivity contribution in [3.05, 3.63) is 69.7 Å². The average Bonchev–Trinajstić information content (AvgIpc) is 2.47. The molecule has 0 amide bonds. The molecule has 0 aliphatic rings. The Hall–Kier alpha value is -1.06. The smallest absolute Gasteiger partial charge is 0.0450 e. The third kappa shape index (κ3) is 4.50. The molecule has 0 saturated carbocycles. The van der Waals surface area contributed by atoms with Gasteiger partial charge in [0.1, 0.15) is 0 Å². The summed E-state index contributed by atoms with van der Waals surface area (Å²) < 4.78 is 0. The summed E-state index contributed by atoms with van der Waals surface area (Å²) in [6, 6.07) is 15.9. The van der Waals surface area contributed by atoms with Gasteiger partial charge in [0.25, 0.3) is 0 Å². The summed E-state index contributed by atoms with van der Waals surface area (Å²) in [6.45, 7) is 1.29. The predicted octanol–water partition coefficient (Wildman–Crippen LogP) is 3.65. The zero-order valence-corrected chi connectivity index (χ0v) is 12.7. The van der Waals surface area contributed by atoms with Gasteiger partial charge in [-0.25, -0.2) is 0 Å². The van der Waals surface area contributed by atoms with Crippen LogP contribution in [0.25, 0.3) is 0 Å². The van der Waals surface area contributed by atoms with Crippen LogP contribution in [0.15, 0.2) is 48.5 Å². The van der Waals surface area contributed by atoms with Crippen LogP contribution in [-0.4, -0.2) is 12.6 Å². The second kappa shape index (κ2) is 7.65. The van der Waals surface area contributed by atoms with Gasteiger partial charge >= 0.3 is 0 Å². The molecule has 20 heavy (non-hydrogen) atoms. The van der Waals surface area contributed by atoms with E-state index in [-0.39, 0.29) is 6.04 Å². The van der Waals surface area contributed by atoms with Crippen molar-refractivity contribution >= 4 is 23.2 Å². The van der Waals surface area contributed by atoms with Gasteiger partial charge in [-0.05, 0) is 35.7 Å². The fourth-order valence-corrected chi connectivity index (χ4v) is 2.37. The summed E-state index contributed by atoms with van der Waals surface area (Å²) >= 11 is 12.0. The summed E-state index contributed by atoms with van der Waals surface area (Å²) in [5.41, 5.74) is 8.14. The number of hydrogen-bond acceptors (Lipinski definition) is 2. The highest BCUT2D eigenvalue weighted by Crippen LogP contribution is 2.15. The number of benzene rings is 2. The van der Waals surface area contributed by atoms with Crippen LogP contribution < -0.4 is 11.1 Å². The molecule has 3 N–H and O–H groups in total. The van der Waals surface area contributed by atoms with Gasteiger partial charge in [-0.2, -0.15) is 0 Å². The minimum absolute atomic E-state index is 0.215. The van der Waals surface area contributed by atoms with Gasteiger partial charge in [-0.1, -0.05) is 53.5 Å². The van der Waals surface area contributed by atoms with Gasteiger partial charge < -0.3 is 11.1 Å². The van der Waals surface area contributed by atoms with Crippen LogP contribution in [0.2, 0.25) is 10.0 Å². The fourth-order valence-electron chi connectivity index (χ4n) is 2.04. The molecule has 0 radical (unpaired) electrons. The van der Waals surface area contributed by atoms with E-state index in [1.807, 2.05) is 48.5 Å².